The predicted molar refractivity (Wildman–Crippen MR) is 181 cm³/mol. The minimum Gasteiger partial charge on any atom is -0.310 e. The van der Waals surface area contributed by atoms with Gasteiger partial charge in [0, 0.05) is 27.9 Å². The Bertz CT molecular complexity index is 1870. The van der Waals surface area contributed by atoms with Crippen LogP contribution in [0.3, 0.4) is 0 Å². The molecule has 206 valence electrons. The Hall–Kier alpha value is -4.62. The fourth-order valence-electron chi connectivity index (χ4n) is 7.23. The van der Waals surface area contributed by atoms with E-state index in [0.717, 1.165) is 11.4 Å². The maximum Gasteiger partial charge on any atom is 0.0490 e. The van der Waals surface area contributed by atoms with Crippen molar-refractivity contribution in [2.24, 2.45) is 0 Å². The van der Waals surface area contributed by atoms with Crippen molar-refractivity contribution in [3.05, 3.63) is 160 Å². The van der Waals surface area contributed by atoms with Gasteiger partial charge in [0.2, 0.25) is 0 Å². The number of rotatable bonds is 5. The van der Waals surface area contributed by atoms with Crippen LogP contribution in [0.1, 0.15) is 66.6 Å². The molecule has 1 nitrogen and oxygen atoms in total. The summed E-state index contributed by atoms with van der Waals surface area (Å²) in [6.07, 6.45) is 4.48. The molecule has 42 heavy (non-hydrogen) atoms. The van der Waals surface area contributed by atoms with E-state index in [1.165, 1.54) is 55.8 Å². The fourth-order valence-corrected chi connectivity index (χ4v) is 7.23. The number of hydrogen-bond acceptors (Lipinski definition) is 1. The second kappa shape index (κ2) is 9.74. The summed E-state index contributed by atoms with van der Waals surface area (Å²) in [5, 5.41) is 0. The first-order valence-corrected chi connectivity index (χ1v) is 15.0. The largest absolute Gasteiger partial charge is 0.310 e. The van der Waals surface area contributed by atoms with Crippen LogP contribution < -0.4 is 4.90 Å². The number of benzene rings is 5. The lowest BCUT2D eigenvalue weighted by atomic mass is 9.75. The van der Waals surface area contributed by atoms with Crippen molar-refractivity contribution in [3.63, 3.8) is 0 Å². The molecule has 0 fully saturated rings. The van der Waals surface area contributed by atoms with Crippen molar-refractivity contribution in [2.45, 2.75) is 45.4 Å². The van der Waals surface area contributed by atoms with E-state index in [2.05, 4.69) is 173 Å². The van der Waals surface area contributed by atoms with Gasteiger partial charge in [-0.05, 0) is 87.3 Å². The number of anilines is 3. The number of allylic oxidation sites excluding steroid dienone is 2. The molecule has 7 rings (SSSR count). The van der Waals surface area contributed by atoms with Crippen LogP contribution in [0.4, 0.5) is 17.1 Å². The summed E-state index contributed by atoms with van der Waals surface area (Å²) in [5.74, 6) is 0. The smallest absolute Gasteiger partial charge is 0.0490 e. The Morgan fingerprint density at radius 1 is 0.500 bits per heavy atom. The molecule has 0 heterocycles. The number of para-hydroxylation sites is 2. The molecule has 1 heteroatoms. The van der Waals surface area contributed by atoms with Gasteiger partial charge >= 0.3 is 0 Å². The quantitative estimate of drug-likeness (QED) is 0.199. The zero-order chi connectivity index (χ0) is 29.1. The summed E-state index contributed by atoms with van der Waals surface area (Å²) in [7, 11) is 0. The average molecular weight is 544 g/mol. The third-order valence-corrected chi connectivity index (χ3v) is 9.35. The van der Waals surface area contributed by atoms with Gasteiger partial charge in [-0.15, -0.1) is 0 Å². The molecule has 0 amide bonds. The first-order chi connectivity index (χ1) is 20.3. The van der Waals surface area contributed by atoms with Crippen molar-refractivity contribution >= 4 is 40.4 Å². The van der Waals surface area contributed by atoms with Gasteiger partial charge < -0.3 is 4.90 Å². The van der Waals surface area contributed by atoms with E-state index in [4.69, 9.17) is 0 Å². The van der Waals surface area contributed by atoms with Gasteiger partial charge in [0.25, 0.3) is 0 Å². The van der Waals surface area contributed by atoms with Crippen LogP contribution in [0.5, 0.6) is 0 Å². The summed E-state index contributed by atoms with van der Waals surface area (Å²) < 4.78 is 0. The third kappa shape index (κ3) is 4.07. The topological polar surface area (TPSA) is 3.24 Å². The van der Waals surface area contributed by atoms with Gasteiger partial charge in [-0.3, -0.25) is 0 Å². The number of hydrogen-bond donors (Lipinski definition) is 0. The molecule has 5 aromatic carbocycles. The Morgan fingerprint density at radius 3 is 1.79 bits per heavy atom. The second-order valence-corrected chi connectivity index (χ2v) is 12.7. The van der Waals surface area contributed by atoms with Crippen LogP contribution in [-0.2, 0) is 10.8 Å². The zero-order valence-electron chi connectivity index (χ0n) is 25.1. The van der Waals surface area contributed by atoms with E-state index in [1.807, 2.05) is 0 Å². The van der Waals surface area contributed by atoms with E-state index in [9.17, 15) is 0 Å². The third-order valence-electron chi connectivity index (χ3n) is 9.35. The van der Waals surface area contributed by atoms with Crippen LogP contribution in [-0.4, -0.2) is 0 Å². The molecule has 0 saturated carbocycles. The first kappa shape index (κ1) is 26.3. The van der Waals surface area contributed by atoms with Crippen molar-refractivity contribution in [2.75, 3.05) is 4.90 Å². The van der Waals surface area contributed by atoms with Gasteiger partial charge in [-0.2, -0.15) is 0 Å². The first-order valence-electron chi connectivity index (χ1n) is 15.0. The minimum absolute atomic E-state index is 0.0134. The van der Waals surface area contributed by atoms with E-state index < -0.39 is 0 Å². The molecule has 0 bridgehead atoms. The summed E-state index contributed by atoms with van der Waals surface area (Å²) in [6, 6.07) is 44.1. The Labute approximate surface area is 250 Å². The van der Waals surface area contributed by atoms with Crippen molar-refractivity contribution in [1.82, 2.24) is 0 Å². The van der Waals surface area contributed by atoms with Crippen LogP contribution >= 0.6 is 0 Å². The lowest BCUT2D eigenvalue weighted by Crippen LogP contribution is -2.19. The molecular formula is C41H37N. The van der Waals surface area contributed by atoms with Crippen LogP contribution in [0, 0.1) is 6.92 Å². The molecule has 0 radical (unpaired) electrons. The van der Waals surface area contributed by atoms with Gasteiger partial charge in [0.05, 0.1) is 0 Å². The van der Waals surface area contributed by atoms with E-state index in [1.54, 1.807) is 0 Å². The Balaban J connectivity index is 1.19. The van der Waals surface area contributed by atoms with E-state index in [-0.39, 0.29) is 10.8 Å². The molecular weight excluding hydrogens is 506 g/mol. The fraction of sp³-hybridized carbons (Fsp3) is 0.171. The van der Waals surface area contributed by atoms with Crippen LogP contribution in [0.25, 0.3) is 23.3 Å². The SMILES string of the molecule is Cc1ccccc1N(c1ccccc1)c1ccc(C=Cc2ccc3c(c2)C(C)(C)C2=C3C(C)(C)c3ccccc32)cc1. The molecule has 0 atom stereocenters. The van der Waals surface area contributed by atoms with E-state index >= 15 is 0 Å². The van der Waals surface area contributed by atoms with Crippen LogP contribution in [0.15, 0.2) is 121 Å². The molecule has 5 aromatic rings. The lowest BCUT2D eigenvalue weighted by molar-refractivity contribution is 0.694. The molecule has 2 aliphatic carbocycles. The average Bonchev–Trinajstić information content (AvgIpc) is 3.40. The summed E-state index contributed by atoms with van der Waals surface area (Å²) >= 11 is 0. The van der Waals surface area contributed by atoms with E-state index in [0.29, 0.717) is 0 Å². The minimum atomic E-state index is -0.0312. The molecule has 0 aromatic heterocycles. The predicted octanol–water partition coefficient (Wildman–Crippen LogP) is 11.1. The summed E-state index contributed by atoms with van der Waals surface area (Å²) in [5.41, 5.74) is 15.9. The second-order valence-electron chi connectivity index (χ2n) is 12.7. The maximum atomic E-state index is 2.41. The number of fused-ring (bicyclic) bond motifs is 4. The zero-order valence-corrected chi connectivity index (χ0v) is 25.1. The molecule has 0 N–H and O–H groups in total. The molecule has 0 aliphatic heterocycles. The highest BCUT2D eigenvalue weighted by Gasteiger charge is 2.49. The Morgan fingerprint density at radius 2 is 1.05 bits per heavy atom. The number of aryl methyl sites for hydroxylation is 1. The highest BCUT2D eigenvalue weighted by atomic mass is 15.1. The Kier molecular flexibility index (Phi) is 6.10. The van der Waals surface area contributed by atoms with Crippen molar-refractivity contribution in [3.8, 4) is 0 Å². The normalized spacial score (nSPS) is 15.9. The van der Waals surface area contributed by atoms with Gasteiger partial charge in [-0.1, -0.05) is 131 Å². The van der Waals surface area contributed by atoms with Crippen molar-refractivity contribution < 1.29 is 0 Å². The molecule has 2 aliphatic rings. The molecule has 0 unspecified atom stereocenters. The summed E-state index contributed by atoms with van der Waals surface area (Å²) in [6.45, 7) is 11.7. The maximum absolute atomic E-state index is 2.41. The standard InChI is InChI=1S/C41H37N/c1-28-13-9-12-18-37(28)42(31-14-7-6-8-15-31)32-24-21-29(22-25-32)19-20-30-23-26-34-36(27-30)41(4,5)38-33-16-10-11-17-35(33)40(2,3)39(34)38/h6-27H,1-5H3. The van der Waals surface area contributed by atoms with Gasteiger partial charge in [0.15, 0.2) is 0 Å². The highest BCUT2D eigenvalue weighted by Crippen LogP contribution is 2.62. The molecule has 0 saturated heterocycles. The lowest BCUT2D eigenvalue weighted by Gasteiger charge is -2.28. The summed E-state index contributed by atoms with van der Waals surface area (Å²) in [4.78, 5) is 2.33. The van der Waals surface area contributed by atoms with Crippen molar-refractivity contribution in [1.29, 1.82) is 0 Å². The van der Waals surface area contributed by atoms with Gasteiger partial charge in [-0.25, -0.2) is 0 Å². The van der Waals surface area contributed by atoms with Gasteiger partial charge in [0.1, 0.15) is 0 Å². The number of nitrogens with zero attached hydrogens (tertiary/aromatic N) is 1. The monoisotopic (exact) mass is 543 g/mol. The molecule has 0 spiro atoms. The highest BCUT2D eigenvalue weighted by molar-refractivity contribution is 6.09. The van der Waals surface area contributed by atoms with Crippen LogP contribution in [0.2, 0.25) is 0 Å².